The zero-order valence-corrected chi connectivity index (χ0v) is 16.0. The van der Waals surface area contributed by atoms with Crippen LogP contribution in [0.5, 0.6) is 0 Å². The number of hydrogen-bond donors (Lipinski definition) is 3. The van der Waals surface area contributed by atoms with Crippen molar-refractivity contribution in [2.24, 2.45) is 0 Å². The predicted molar refractivity (Wildman–Crippen MR) is 102 cm³/mol. The molecule has 0 aliphatic heterocycles. The number of hydrogen-bond acceptors (Lipinski definition) is 6. The topological polar surface area (TPSA) is 122 Å². The lowest BCUT2D eigenvalue weighted by Gasteiger charge is -2.13. The van der Waals surface area contributed by atoms with E-state index in [0.717, 1.165) is 29.2 Å². The molecule has 8 nitrogen and oxygen atoms in total. The highest BCUT2D eigenvalue weighted by Gasteiger charge is 2.27. The molecule has 3 N–H and O–H groups in total. The summed E-state index contributed by atoms with van der Waals surface area (Å²) in [4.78, 5) is 12.4. The first-order chi connectivity index (χ1) is 13.1. The highest BCUT2D eigenvalue weighted by Crippen LogP contribution is 2.35. The number of aliphatic hydroxyl groups is 1. The Morgan fingerprint density at radius 1 is 1.25 bits per heavy atom. The van der Waals surface area contributed by atoms with Crippen LogP contribution in [0.4, 0.5) is 10.5 Å². The van der Waals surface area contributed by atoms with Crippen molar-refractivity contribution >= 4 is 38.8 Å². The van der Waals surface area contributed by atoms with Crippen molar-refractivity contribution in [3.05, 3.63) is 53.5 Å². The lowest BCUT2D eigenvalue weighted by atomic mass is 10.0. The number of anilines is 1. The van der Waals surface area contributed by atoms with Gasteiger partial charge < -0.3 is 19.3 Å². The standard InChI is InChI=1S/C19H18N2O6S/c1-19(2,23)13-9-15(27-10-13)28(24,25)21-18(22)20-16-14-5-3-4-11(14)8-12-6-7-26-17(12)16/h3,5-10,23H,4H2,1-2H3,(H2,20,21,22). The van der Waals surface area contributed by atoms with E-state index in [4.69, 9.17) is 8.83 Å². The minimum absolute atomic E-state index is 0.275. The van der Waals surface area contributed by atoms with Gasteiger partial charge in [-0.1, -0.05) is 12.2 Å². The molecule has 2 amide bonds. The summed E-state index contributed by atoms with van der Waals surface area (Å²) in [5.74, 6) is 0. The molecule has 0 radical (unpaired) electrons. The molecule has 2 heterocycles. The number of allylic oxidation sites excluding steroid dienone is 1. The Morgan fingerprint density at radius 3 is 2.75 bits per heavy atom. The van der Waals surface area contributed by atoms with E-state index in [1.54, 1.807) is 6.07 Å². The summed E-state index contributed by atoms with van der Waals surface area (Å²) < 4.78 is 37.3. The summed E-state index contributed by atoms with van der Waals surface area (Å²) in [5, 5.41) is 12.8. The Morgan fingerprint density at radius 2 is 2.04 bits per heavy atom. The normalized spacial score (nSPS) is 13.7. The molecule has 3 aromatic rings. The molecule has 9 heteroatoms. The maximum Gasteiger partial charge on any atom is 0.333 e. The maximum absolute atomic E-state index is 12.4. The van der Waals surface area contributed by atoms with Crippen molar-refractivity contribution in [3.8, 4) is 0 Å². The number of sulfonamides is 1. The van der Waals surface area contributed by atoms with E-state index in [-0.39, 0.29) is 5.56 Å². The third-order valence-electron chi connectivity index (χ3n) is 4.50. The molecular weight excluding hydrogens is 384 g/mol. The average molecular weight is 402 g/mol. The molecule has 0 saturated carbocycles. The Bertz CT molecular complexity index is 1210. The highest BCUT2D eigenvalue weighted by atomic mass is 32.2. The van der Waals surface area contributed by atoms with Gasteiger partial charge in [-0.3, -0.25) is 0 Å². The lowest BCUT2D eigenvalue weighted by Crippen LogP contribution is -2.34. The molecule has 0 spiro atoms. The Hall–Kier alpha value is -3.04. The maximum atomic E-state index is 12.4. The fraction of sp³-hybridized carbons (Fsp3) is 0.211. The average Bonchev–Trinajstić information content (AvgIpc) is 3.33. The molecular formula is C19H18N2O6S. The number of fused-ring (bicyclic) bond motifs is 2. The summed E-state index contributed by atoms with van der Waals surface area (Å²) in [6.07, 6.45) is 7.16. The van der Waals surface area contributed by atoms with Crippen molar-refractivity contribution in [2.45, 2.75) is 31.0 Å². The molecule has 1 aliphatic rings. The first-order valence-electron chi connectivity index (χ1n) is 8.50. The van der Waals surface area contributed by atoms with Gasteiger partial charge in [-0.25, -0.2) is 9.52 Å². The van der Waals surface area contributed by atoms with Crippen LogP contribution in [0.2, 0.25) is 0 Å². The van der Waals surface area contributed by atoms with E-state index in [1.165, 1.54) is 26.2 Å². The van der Waals surface area contributed by atoms with Gasteiger partial charge in [0.25, 0.3) is 10.0 Å². The molecule has 1 aromatic carbocycles. The summed E-state index contributed by atoms with van der Waals surface area (Å²) in [7, 11) is -4.26. The van der Waals surface area contributed by atoms with E-state index >= 15 is 0 Å². The number of urea groups is 1. The van der Waals surface area contributed by atoms with Crippen molar-refractivity contribution in [3.63, 3.8) is 0 Å². The fourth-order valence-electron chi connectivity index (χ4n) is 3.06. The van der Waals surface area contributed by atoms with Crippen LogP contribution in [0.15, 0.2) is 50.7 Å². The van der Waals surface area contributed by atoms with E-state index in [1.807, 2.05) is 22.9 Å². The predicted octanol–water partition coefficient (Wildman–Crippen LogP) is 3.33. The van der Waals surface area contributed by atoms with Gasteiger partial charge in [0.2, 0.25) is 5.09 Å². The van der Waals surface area contributed by atoms with Crippen LogP contribution in [0.25, 0.3) is 17.0 Å². The Kier molecular flexibility index (Phi) is 4.09. The molecule has 0 fully saturated rings. The minimum atomic E-state index is -4.26. The zero-order valence-electron chi connectivity index (χ0n) is 15.1. The molecule has 146 valence electrons. The monoisotopic (exact) mass is 402 g/mol. The first-order valence-corrected chi connectivity index (χ1v) is 9.98. The second kappa shape index (κ2) is 6.25. The van der Waals surface area contributed by atoms with Gasteiger partial charge in [-0.05, 0) is 38.0 Å². The summed E-state index contributed by atoms with van der Waals surface area (Å²) in [6.45, 7) is 2.99. The van der Waals surface area contributed by atoms with Gasteiger partial charge in [0.15, 0.2) is 5.58 Å². The van der Waals surface area contributed by atoms with Crippen LogP contribution < -0.4 is 10.0 Å². The molecule has 0 atom stereocenters. The van der Waals surface area contributed by atoms with Gasteiger partial charge in [0, 0.05) is 22.6 Å². The summed E-state index contributed by atoms with van der Waals surface area (Å²) >= 11 is 0. The van der Waals surface area contributed by atoms with E-state index in [2.05, 4.69) is 5.32 Å². The van der Waals surface area contributed by atoms with Gasteiger partial charge >= 0.3 is 6.03 Å². The molecule has 1 aliphatic carbocycles. The SMILES string of the molecule is CC(C)(O)c1coc(S(=O)(=O)NC(=O)Nc2c3c(cc4ccoc24)CC=C3)c1. The third kappa shape index (κ3) is 3.19. The van der Waals surface area contributed by atoms with Gasteiger partial charge in [0.1, 0.15) is 0 Å². The van der Waals surface area contributed by atoms with E-state index in [0.29, 0.717) is 11.3 Å². The number of furan rings is 2. The number of benzene rings is 1. The van der Waals surface area contributed by atoms with Crippen molar-refractivity contribution < 1.29 is 27.2 Å². The number of rotatable bonds is 4. The van der Waals surface area contributed by atoms with Gasteiger partial charge in [0.05, 0.1) is 23.8 Å². The summed E-state index contributed by atoms with van der Waals surface area (Å²) in [6, 6.07) is 3.96. The van der Waals surface area contributed by atoms with Crippen molar-refractivity contribution in [1.29, 1.82) is 0 Å². The molecule has 2 aromatic heterocycles. The second-order valence-corrected chi connectivity index (χ2v) is 8.66. The van der Waals surface area contributed by atoms with Crippen molar-refractivity contribution in [1.82, 2.24) is 4.72 Å². The molecule has 0 bridgehead atoms. The number of carbonyl (C=O) groups is 1. The zero-order chi connectivity index (χ0) is 20.1. The van der Waals surface area contributed by atoms with Gasteiger partial charge in [-0.2, -0.15) is 8.42 Å². The molecule has 0 saturated heterocycles. The highest BCUT2D eigenvalue weighted by molar-refractivity contribution is 7.89. The Labute approximate surface area is 160 Å². The molecule has 4 rings (SSSR count). The molecule has 28 heavy (non-hydrogen) atoms. The minimum Gasteiger partial charge on any atom is -0.462 e. The molecule has 0 unspecified atom stereocenters. The van der Waals surface area contributed by atoms with Crippen LogP contribution in [-0.2, 0) is 22.0 Å². The fourth-order valence-corrected chi connectivity index (χ4v) is 3.91. The first kappa shape index (κ1) is 18.3. The smallest absolute Gasteiger partial charge is 0.333 e. The van der Waals surface area contributed by atoms with Crippen LogP contribution in [0.1, 0.15) is 30.5 Å². The van der Waals surface area contributed by atoms with E-state index in [9.17, 15) is 18.3 Å². The lowest BCUT2D eigenvalue weighted by molar-refractivity contribution is 0.0779. The van der Waals surface area contributed by atoms with Crippen molar-refractivity contribution in [2.75, 3.05) is 5.32 Å². The largest absolute Gasteiger partial charge is 0.462 e. The third-order valence-corrected chi connectivity index (χ3v) is 5.70. The van der Waals surface area contributed by atoms with Crippen LogP contribution in [0.3, 0.4) is 0 Å². The van der Waals surface area contributed by atoms with Crippen LogP contribution >= 0.6 is 0 Å². The number of carbonyl (C=O) groups excluding carboxylic acids is 1. The van der Waals surface area contributed by atoms with E-state index < -0.39 is 26.7 Å². The number of amides is 2. The van der Waals surface area contributed by atoms with Crippen LogP contribution in [-0.4, -0.2) is 19.6 Å². The quantitative estimate of drug-likeness (QED) is 0.615. The van der Waals surface area contributed by atoms with Gasteiger partial charge in [-0.15, -0.1) is 0 Å². The number of nitrogens with one attached hydrogen (secondary N) is 2. The van der Waals surface area contributed by atoms with Crippen LogP contribution in [0, 0.1) is 0 Å². The second-order valence-electron chi connectivity index (χ2n) is 7.04. The summed E-state index contributed by atoms with van der Waals surface area (Å²) in [5.41, 5.74) is 1.64. The Balaban J connectivity index is 1.60.